The van der Waals surface area contributed by atoms with Crippen molar-refractivity contribution >= 4 is 21.6 Å². The molecule has 2 N–H and O–H groups in total. The molecule has 4 nitrogen and oxygen atoms in total. The molecule has 0 aliphatic carbocycles. The summed E-state index contributed by atoms with van der Waals surface area (Å²) in [5.41, 5.74) is 1.37. The fourth-order valence-electron chi connectivity index (χ4n) is 1.97. The van der Waals surface area contributed by atoms with Gasteiger partial charge in [-0.15, -0.1) is 0 Å². The standard InChI is InChI=1S/C15H16ClNO3S/c1-11-6-5-9-14(15(11)16)21(19,20)17-13(10-18)12-7-3-2-4-8-12/h2-9,13,17-18H,10H2,1H3. The molecule has 21 heavy (non-hydrogen) atoms. The first kappa shape index (κ1) is 16.0. The summed E-state index contributed by atoms with van der Waals surface area (Å²) < 4.78 is 27.4. The normalized spacial score (nSPS) is 13.1. The molecule has 2 aromatic rings. The predicted octanol–water partition coefficient (Wildman–Crippen LogP) is 2.66. The zero-order valence-electron chi connectivity index (χ0n) is 11.5. The van der Waals surface area contributed by atoms with Crippen LogP contribution in [0.2, 0.25) is 5.02 Å². The van der Waals surface area contributed by atoms with Crippen molar-refractivity contribution in [3.05, 3.63) is 64.7 Å². The molecule has 1 atom stereocenters. The molecule has 0 aliphatic rings. The number of hydrogen-bond donors (Lipinski definition) is 2. The van der Waals surface area contributed by atoms with Crippen molar-refractivity contribution in [2.45, 2.75) is 17.9 Å². The van der Waals surface area contributed by atoms with Crippen LogP contribution in [0, 0.1) is 6.92 Å². The van der Waals surface area contributed by atoms with Crippen molar-refractivity contribution in [1.29, 1.82) is 0 Å². The van der Waals surface area contributed by atoms with Crippen LogP contribution in [0.4, 0.5) is 0 Å². The molecule has 0 spiro atoms. The van der Waals surface area contributed by atoms with Gasteiger partial charge in [0.2, 0.25) is 10.0 Å². The van der Waals surface area contributed by atoms with Crippen LogP contribution in [0.5, 0.6) is 0 Å². The third kappa shape index (κ3) is 3.63. The van der Waals surface area contributed by atoms with E-state index in [9.17, 15) is 13.5 Å². The van der Waals surface area contributed by atoms with E-state index in [1.54, 1.807) is 43.3 Å². The zero-order chi connectivity index (χ0) is 15.5. The van der Waals surface area contributed by atoms with Crippen molar-refractivity contribution < 1.29 is 13.5 Å². The molecule has 0 aromatic heterocycles. The number of aliphatic hydroxyl groups excluding tert-OH is 1. The fourth-order valence-corrected chi connectivity index (χ4v) is 3.77. The molecular formula is C15H16ClNO3S. The van der Waals surface area contributed by atoms with Gasteiger partial charge in [0.1, 0.15) is 4.90 Å². The molecule has 0 bridgehead atoms. The van der Waals surface area contributed by atoms with Crippen molar-refractivity contribution in [3.8, 4) is 0 Å². The molecule has 0 aliphatic heterocycles. The van der Waals surface area contributed by atoms with Crippen molar-refractivity contribution in [2.24, 2.45) is 0 Å². The van der Waals surface area contributed by atoms with Gasteiger partial charge in [0.25, 0.3) is 0 Å². The minimum atomic E-state index is -3.81. The maximum Gasteiger partial charge on any atom is 0.242 e. The van der Waals surface area contributed by atoms with E-state index in [4.69, 9.17) is 11.6 Å². The van der Waals surface area contributed by atoms with E-state index in [1.165, 1.54) is 6.07 Å². The molecule has 0 fully saturated rings. The Bertz CT molecular complexity index is 717. The molecule has 0 heterocycles. The number of sulfonamides is 1. The highest BCUT2D eigenvalue weighted by Gasteiger charge is 2.23. The van der Waals surface area contributed by atoms with E-state index < -0.39 is 16.1 Å². The monoisotopic (exact) mass is 325 g/mol. The van der Waals surface area contributed by atoms with Crippen LogP contribution in [-0.4, -0.2) is 20.1 Å². The maximum atomic E-state index is 12.4. The second-order valence-corrected chi connectivity index (χ2v) is 6.71. The topological polar surface area (TPSA) is 66.4 Å². The summed E-state index contributed by atoms with van der Waals surface area (Å²) in [6.07, 6.45) is 0. The summed E-state index contributed by atoms with van der Waals surface area (Å²) in [6, 6.07) is 13.0. The van der Waals surface area contributed by atoms with Crippen LogP contribution in [0.3, 0.4) is 0 Å². The third-order valence-corrected chi connectivity index (χ3v) is 5.26. The van der Waals surface area contributed by atoms with Gasteiger partial charge in [0, 0.05) is 0 Å². The summed E-state index contributed by atoms with van der Waals surface area (Å²) in [6.45, 7) is 1.40. The Hall–Kier alpha value is -1.40. The Balaban J connectivity index is 2.34. The van der Waals surface area contributed by atoms with Gasteiger partial charge in [-0.25, -0.2) is 13.1 Å². The average molecular weight is 326 g/mol. The number of halogens is 1. The summed E-state index contributed by atoms with van der Waals surface area (Å²) >= 11 is 6.07. The summed E-state index contributed by atoms with van der Waals surface area (Å²) in [7, 11) is -3.81. The van der Waals surface area contributed by atoms with Crippen LogP contribution >= 0.6 is 11.6 Å². The van der Waals surface area contributed by atoms with Crippen LogP contribution < -0.4 is 4.72 Å². The number of benzene rings is 2. The lowest BCUT2D eigenvalue weighted by Gasteiger charge is -2.17. The van der Waals surface area contributed by atoms with Gasteiger partial charge in [0.05, 0.1) is 17.7 Å². The maximum absolute atomic E-state index is 12.4. The second kappa shape index (κ2) is 6.58. The smallest absolute Gasteiger partial charge is 0.242 e. The van der Waals surface area contributed by atoms with Crippen molar-refractivity contribution in [2.75, 3.05) is 6.61 Å². The number of nitrogens with one attached hydrogen (secondary N) is 1. The molecular weight excluding hydrogens is 310 g/mol. The molecule has 112 valence electrons. The average Bonchev–Trinajstić information content (AvgIpc) is 2.48. The van der Waals surface area contributed by atoms with Crippen LogP contribution in [0.25, 0.3) is 0 Å². The van der Waals surface area contributed by atoms with Crippen LogP contribution in [-0.2, 0) is 10.0 Å². The number of aliphatic hydroxyl groups is 1. The van der Waals surface area contributed by atoms with Gasteiger partial charge in [-0.05, 0) is 24.1 Å². The molecule has 2 rings (SSSR count). The Morgan fingerprint density at radius 2 is 1.81 bits per heavy atom. The Kier molecular flexibility index (Phi) is 5.00. The van der Waals surface area contributed by atoms with Gasteiger partial charge in [-0.2, -0.15) is 0 Å². The highest BCUT2D eigenvalue weighted by atomic mass is 35.5. The lowest BCUT2D eigenvalue weighted by atomic mass is 10.1. The molecule has 0 radical (unpaired) electrons. The second-order valence-electron chi connectivity index (χ2n) is 4.65. The zero-order valence-corrected chi connectivity index (χ0v) is 13.0. The van der Waals surface area contributed by atoms with E-state index in [2.05, 4.69) is 4.72 Å². The van der Waals surface area contributed by atoms with E-state index in [-0.39, 0.29) is 16.5 Å². The number of rotatable bonds is 5. The first-order valence-corrected chi connectivity index (χ1v) is 8.25. The minimum absolute atomic E-state index is 0.0125. The van der Waals surface area contributed by atoms with Gasteiger partial charge < -0.3 is 5.11 Å². The Morgan fingerprint density at radius 3 is 2.43 bits per heavy atom. The largest absolute Gasteiger partial charge is 0.394 e. The van der Waals surface area contributed by atoms with Crippen LogP contribution in [0.1, 0.15) is 17.2 Å². The van der Waals surface area contributed by atoms with Gasteiger partial charge >= 0.3 is 0 Å². The first-order chi connectivity index (χ1) is 9.95. The Labute approximate surface area is 129 Å². The van der Waals surface area contributed by atoms with Crippen molar-refractivity contribution in [3.63, 3.8) is 0 Å². The lowest BCUT2D eigenvalue weighted by Crippen LogP contribution is -2.31. The number of hydrogen-bond acceptors (Lipinski definition) is 3. The van der Waals surface area contributed by atoms with E-state index in [1.807, 2.05) is 6.07 Å². The highest BCUT2D eigenvalue weighted by Crippen LogP contribution is 2.26. The van der Waals surface area contributed by atoms with E-state index >= 15 is 0 Å². The van der Waals surface area contributed by atoms with E-state index in [0.29, 0.717) is 11.1 Å². The first-order valence-electron chi connectivity index (χ1n) is 6.39. The summed E-state index contributed by atoms with van der Waals surface area (Å²) in [4.78, 5) is 0.0125. The van der Waals surface area contributed by atoms with Crippen molar-refractivity contribution in [1.82, 2.24) is 4.72 Å². The minimum Gasteiger partial charge on any atom is -0.394 e. The lowest BCUT2D eigenvalue weighted by molar-refractivity contribution is 0.259. The molecule has 6 heteroatoms. The molecule has 0 saturated carbocycles. The van der Waals surface area contributed by atoms with Gasteiger partial charge in [-0.3, -0.25) is 0 Å². The predicted molar refractivity (Wildman–Crippen MR) is 82.8 cm³/mol. The van der Waals surface area contributed by atoms with E-state index in [0.717, 1.165) is 0 Å². The third-order valence-electron chi connectivity index (χ3n) is 3.13. The molecule has 0 amide bonds. The molecule has 0 saturated heterocycles. The molecule has 1 unspecified atom stereocenters. The number of aryl methyl sites for hydroxylation is 1. The van der Waals surface area contributed by atoms with Crippen LogP contribution in [0.15, 0.2) is 53.4 Å². The molecule has 2 aromatic carbocycles. The van der Waals surface area contributed by atoms with Gasteiger partial charge in [0.15, 0.2) is 0 Å². The SMILES string of the molecule is Cc1cccc(S(=O)(=O)NC(CO)c2ccccc2)c1Cl. The summed E-state index contributed by atoms with van der Waals surface area (Å²) in [5.74, 6) is 0. The Morgan fingerprint density at radius 1 is 1.14 bits per heavy atom. The summed E-state index contributed by atoms with van der Waals surface area (Å²) in [5, 5.41) is 9.64. The van der Waals surface area contributed by atoms with Gasteiger partial charge in [-0.1, -0.05) is 54.1 Å². The quantitative estimate of drug-likeness (QED) is 0.888. The fraction of sp³-hybridized carbons (Fsp3) is 0.200. The highest BCUT2D eigenvalue weighted by molar-refractivity contribution is 7.89.